The van der Waals surface area contributed by atoms with Gasteiger partial charge in [0.25, 0.3) is 0 Å². The molecule has 3 heteroatoms. The third-order valence-electron chi connectivity index (χ3n) is 2.73. The Labute approximate surface area is 82.8 Å². The summed E-state index contributed by atoms with van der Waals surface area (Å²) >= 11 is 0. The molecule has 1 aromatic carbocycles. The Kier molecular flexibility index (Phi) is 2.25. The van der Waals surface area contributed by atoms with E-state index in [1.165, 1.54) is 11.1 Å². The second-order valence-corrected chi connectivity index (χ2v) is 3.62. The number of rotatable bonds is 1. The van der Waals surface area contributed by atoms with Crippen LogP contribution in [0.3, 0.4) is 0 Å². The van der Waals surface area contributed by atoms with Gasteiger partial charge in [-0.05, 0) is 30.0 Å². The average Bonchev–Trinajstić information content (AvgIpc) is 2.17. The Morgan fingerprint density at radius 2 is 2.36 bits per heavy atom. The van der Waals surface area contributed by atoms with Gasteiger partial charge in [0.2, 0.25) is 0 Å². The first-order chi connectivity index (χ1) is 6.70. The lowest BCUT2D eigenvalue weighted by atomic mass is 9.91. The molecule has 0 amide bonds. The van der Waals surface area contributed by atoms with Gasteiger partial charge in [-0.2, -0.15) is 0 Å². The van der Waals surface area contributed by atoms with Crippen LogP contribution in [0, 0.1) is 6.92 Å². The monoisotopic (exact) mass is 191 g/mol. The topological polar surface area (TPSA) is 49.3 Å². The van der Waals surface area contributed by atoms with Crippen LogP contribution in [0.5, 0.6) is 0 Å². The standard InChI is InChI=1S/C11H13NO2/c1-7-3-2-4-9-8(7)5-6-12-10(9)11(13)14/h2-4,10,12H,5-6H2,1H3,(H,13,14)/t10-/m1/s1. The van der Waals surface area contributed by atoms with Gasteiger partial charge >= 0.3 is 5.97 Å². The van der Waals surface area contributed by atoms with Crippen LogP contribution in [0.2, 0.25) is 0 Å². The first kappa shape index (κ1) is 9.21. The molecule has 1 aliphatic heterocycles. The van der Waals surface area contributed by atoms with Crippen LogP contribution in [-0.2, 0) is 11.2 Å². The number of nitrogens with one attached hydrogen (secondary N) is 1. The molecular weight excluding hydrogens is 178 g/mol. The Morgan fingerprint density at radius 1 is 1.57 bits per heavy atom. The number of carboxylic acids is 1. The number of aliphatic carboxylic acids is 1. The fourth-order valence-corrected chi connectivity index (χ4v) is 2.01. The molecule has 14 heavy (non-hydrogen) atoms. The van der Waals surface area contributed by atoms with E-state index < -0.39 is 12.0 Å². The third kappa shape index (κ3) is 1.40. The summed E-state index contributed by atoms with van der Waals surface area (Å²) in [7, 11) is 0. The first-order valence-electron chi connectivity index (χ1n) is 4.74. The molecule has 2 N–H and O–H groups in total. The van der Waals surface area contributed by atoms with E-state index in [2.05, 4.69) is 5.32 Å². The molecule has 0 saturated carbocycles. The number of benzene rings is 1. The van der Waals surface area contributed by atoms with Gasteiger partial charge in [0, 0.05) is 6.54 Å². The van der Waals surface area contributed by atoms with Gasteiger partial charge in [-0.3, -0.25) is 4.79 Å². The van der Waals surface area contributed by atoms with E-state index in [1.807, 2.05) is 25.1 Å². The van der Waals surface area contributed by atoms with E-state index in [0.717, 1.165) is 18.5 Å². The number of hydrogen-bond acceptors (Lipinski definition) is 2. The molecule has 0 spiro atoms. The van der Waals surface area contributed by atoms with Gasteiger partial charge in [-0.25, -0.2) is 0 Å². The summed E-state index contributed by atoms with van der Waals surface area (Å²) in [5.74, 6) is -0.795. The van der Waals surface area contributed by atoms with Gasteiger partial charge in [0.05, 0.1) is 0 Å². The maximum atomic E-state index is 11.0. The van der Waals surface area contributed by atoms with E-state index in [1.54, 1.807) is 0 Å². The summed E-state index contributed by atoms with van der Waals surface area (Å²) in [5, 5.41) is 12.0. The second-order valence-electron chi connectivity index (χ2n) is 3.62. The van der Waals surface area contributed by atoms with E-state index in [9.17, 15) is 4.79 Å². The van der Waals surface area contributed by atoms with E-state index >= 15 is 0 Å². The zero-order chi connectivity index (χ0) is 10.1. The van der Waals surface area contributed by atoms with Crippen LogP contribution < -0.4 is 5.32 Å². The van der Waals surface area contributed by atoms with E-state index in [-0.39, 0.29) is 0 Å². The molecule has 0 saturated heterocycles. The number of hydrogen-bond donors (Lipinski definition) is 2. The van der Waals surface area contributed by atoms with Crippen LogP contribution in [-0.4, -0.2) is 17.6 Å². The van der Waals surface area contributed by atoms with Crippen molar-refractivity contribution in [1.82, 2.24) is 5.32 Å². The van der Waals surface area contributed by atoms with Crippen molar-refractivity contribution in [2.45, 2.75) is 19.4 Å². The number of carbonyl (C=O) groups is 1. The molecule has 1 aliphatic rings. The molecular formula is C11H13NO2. The van der Waals surface area contributed by atoms with Gasteiger partial charge in [-0.15, -0.1) is 0 Å². The summed E-state index contributed by atoms with van der Waals surface area (Å²) in [6.45, 7) is 2.78. The van der Waals surface area contributed by atoms with E-state index in [4.69, 9.17) is 5.11 Å². The molecule has 74 valence electrons. The Morgan fingerprint density at radius 3 is 3.07 bits per heavy atom. The zero-order valence-corrected chi connectivity index (χ0v) is 8.08. The van der Waals surface area contributed by atoms with Crippen molar-refractivity contribution < 1.29 is 9.90 Å². The predicted molar refractivity (Wildman–Crippen MR) is 53.3 cm³/mol. The van der Waals surface area contributed by atoms with Gasteiger partial charge in [0.15, 0.2) is 0 Å². The molecule has 0 fully saturated rings. The van der Waals surface area contributed by atoms with Gasteiger partial charge in [0.1, 0.15) is 6.04 Å². The highest BCUT2D eigenvalue weighted by molar-refractivity contribution is 5.76. The highest BCUT2D eigenvalue weighted by Crippen LogP contribution is 2.25. The Hall–Kier alpha value is -1.35. The second kappa shape index (κ2) is 3.42. The predicted octanol–water partition coefficient (Wildman–Crippen LogP) is 1.27. The fraction of sp³-hybridized carbons (Fsp3) is 0.364. The molecule has 0 aliphatic carbocycles. The minimum atomic E-state index is -0.795. The number of aryl methyl sites for hydroxylation is 1. The molecule has 0 aromatic heterocycles. The lowest BCUT2D eigenvalue weighted by Gasteiger charge is -2.24. The van der Waals surface area contributed by atoms with Crippen molar-refractivity contribution in [3.05, 3.63) is 34.9 Å². The largest absolute Gasteiger partial charge is 0.480 e. The van der Waals surface area contributed by atoms with Gasteiger partial charge in [-0.1, -0.05) is 18.2 Å². The average molecular weight is 191 g/mol. The highest BCUT2D eigenvalue weighted by atomic mass is 16.4. The molecule has 0 radical (unpaired) electrons. The first-order valence-corrected chi connectivity index (χ1v) is 4.74. The quantitative estimate of drug-likeness (QED) is 0.702. The van der Waals surface area contributed by atoms with Crippen molar-refractivity contribution in [3.8, 4) is 0 Å². The fourth-order valence-electron chi connectivity index (χ4n) is 2.01. The highest BCUT2D eigenvalue weighted by Gasteiger charge is 2.25. The Balaban J connectivity index is 2.49. The Bertz CT molecular complexity index is 374. The van der Waals surface area contributed by atoms with Crippen molar-refractivity contribution in [3.63, 3.8) is 0 Å². The normalized spacial score (nSPS) is 20.2. The van der Waals surface area contributed by atoms with E-state index in [0.29, 0.717) is 0 Å². The molecule has 3 nitrogen and oxygen atoms in total. The molecule has 2 rings (SSSR count). The zero-order valence-electron chi connectivity index (χ0n) is 8.08. The lowest BCUT2D eigenvalue weighted by Crippen LogP contribution is -2.35. The maximum Gasteiger partial charge on any atom is 0.325 e. The summed E-state index contributed by atoms with van der Waals surface area (Å²) in [6, 6.07) is 5.31. The maximum absolute atomic E-state index is 11.0. The summed E-state index contributed by atoms with van der Waals surface area (Å²) in [5.41, 5.74) is 3.30. The van der Waals surface area contributed by atoms with Crippen LogP contribution in [0.4, 0.5) is 0 Å². The summed E-state index contributed by atoms with van der Waals surface area (Å²) in [6.07, 6.45) is 0.922. The van der Waals surface area contributed by atoms with Gasteiger partial charge < -0.3 is 10.4 Å². The number of fused-ring (bicyclic) bond motifs is 1. The minimum absolute atomic E-state index is 0.529. The van der Waals surface area contributed by atoms with Crippen molar-refractivity contribution in [2.75, 3.05) is 6.54 Å². The van der Waals surface area contributed by atoms with Crippen molar-refractivity contribution in [2.24, 2.45) is 0 Å². The molecule has 1 aromatic rings. The van der Waals surface area contributed by atoms with Crippen LogP contribution in [0.1, 0.15) is 22.7 Å². The minimum Gasteiger partial charge on any atom is -0.480 e. The SMILES string of the molecule is Cc1cccc2c1CCN[C@H]2C(=O)O. The molecule has 0 unspecified atom stereocenters. The molecule has 1 heterocycles. The van der Waals surface area contributed by atoms with Crippen molar-refractivity contribution >= 4 is 5.97 Å². The summed E-state index contributed by atoms with van der Waals surface area (Å²) in [4.78, 5) is 11.0. The molecule has 1 atom stereocenters. The summed E-state index contributed by atoms with van der Waals surface area (Å²) < 4.78 is 0. The number of carboxylic acid groups (broad SMARTS) is 1. The van der Waals surface area contributed by atoms with Crippen LogP contribution in [0.15, 0.2) is 18.2 Å². The van der Waals surface area contributed by atoms with Crippen molar-refractivity contribution in [1.29, 1.82) is 0 Å². The van der Waals surface area contributed by atoms with Crippen LogP contribution >= 0.6 is 0 Å². The lowest BCUT2D eigenvalue weighted by molar-refractivity contribution is -0.139. The molecule has 0 bridgehead atoms. The third-order valence-corrected chi connectivity index (χ3v) is 2.73. The smallest absolute Gasteiger partial charge is 0.325 e. The van der Waals surface area contributed by atoms with Crippen LogP contribution in [0.25, 0.3) is 0 Å².